The first kappa shape index (κ1) is 13.3. The smallest absolute Gasteiger partial charge is 0.301 e. The standard InChI is InChI=1S/C9H14N4O3S/c1-11-17(15,16)13(2)8-6-4-3-5-7(8)9(10)12-14/h3-6,11,14H,1-2H3,(H2,10,12). The van der Waals surface area contributed by atoms with Crippen LogP contribution in [0.1, 0.15) is 5.56 Å². The van der Waals surface area contributed by atoms with Crippen LogP contribution in [0.15, 0.2) is 29.4 Å². The zero-order valence-electron chi connectivity index (χ0n) is 9.45. The molecule has 0 spiro atoms. The predicted octanol–water partition coefficient (Wildman–Crippen LogP) is -0.318. The van der Waals surface area contributed by atoms with Crippen molar-refractivity contribution in [1.82, 2.24) is 4.72 Å². The molecule has 0 saturated heterocycles. The molecule has 1 rings (SSSR count). The number of rotatable bonds is 4. The fraction of sp³-hybridized carbons (Fsp3) is 0.222. The summed E-state index contributed by atoms with van der Waals surface area (Å²) >= 11 is 0. The Kier molecular flexibility index (Phi) is 3.92. The molecule has 0 aliphatic carbocycles. The number of nitrogens with one attached hydrogen (secondary N) is 1. The number of nitrogens with two attached hydrogens (primary N) is 1. The summed E-state index contributed by atoms with van der Waals surface area (Å²) in [6.07, 6.45) is 0. The Morgan fingerprint density at radius 2 is 2.06 bits per heavy atom. The van der Waals surface area contributed by atoms with Gasteiger partial charge in [0.1, 0.15) is 0 Å². The Hall–Kier alpha value is -1.80. The monoisotopic (exact) mass is 258 g/mol. The van der Waals surface area contributed by atoms with Gasteiger partial charge < -0.3 is 10.9 Å². The van der Waals surface area contributed by atoms with Crippen LogP contribution < -0.4 is 14.8 Å². The molecule has 0 atom stereocenters. The molecule has 8 heteroatoms. The van der Waals surface area contributed by atoms with E-state index < -0.39 is 10.2 Å². The van der Waals surface area contributed by atoms with E-state index in [1.165, 1.54) is 14.1 Å². The molecule has 0 radical (unpaired) electrons. The van der Waals surface area contributed by atoms with E-state index in [0.29, 0.717) is 11.3 Å². The third-order valence-corrected chi connectivity index (χ3v) is 3.68. The molecule has 7 nitrogen and oxygen atoms in total. The Morgan fingerprint density at radius 3 is 2.59 bits per heavy atom. The molecule has 1 aromatic rings. The zero-order chi connectivity index (χ0) is 13.1. The first-order valence-electron chi connectivity index (χ1n) is 4.68. The average Bonchev–Trinajstić information content (AvgIpc) is 2.36. The van der Waals surface area contributed by atoms with Gasteiger partial charge in [0.15, 0.2) is 5.84 Å². The van der Waals surface area contributed by atoms with Gasteiger partial charge >= 0.3 is 10.2 Å². The molecule has 0 amide bonds. The highest BCUT2D eigenvalue weighted by molar-refractivity contribution is 7.90. The summed E-state index contributed by atoms with van der Waals surface area (Å²) in [6.45, 7) is 0. The first-order chi connectivity index (χ1) is 7.94. The van der Waals surface area contributed by atoms with Crippen molar-refractivity contribution in [3.05, 3.63) is 29.8 Å². The van der Waals surface area contributed by atoms with E-state index in [1.54, 1.807) is 24.3 Å². The van der Waals surface area contributed by atoms with Crippen molar-refractivity contribution in [2.24, 2.45) is 10.9 Å². The van der Waals surface area contributed by atoms with Gasteiger partial charge in [0.05, 0.1) is 5.69 Å². The highest BCUT2D eigenvalue weighted by atomic mass is 32.2. The number of para-hydroxylation sites is 1. The normalized spacial score (nSPS) is 12.5. The fourth-order valence-electron chi connectivity index (χ4n) is 1.29. The van der Waals surface area contributed by atoms with E-state index in [-0.39, 0.29) is 5.84 Å². The number of oxime groups is 1. The van der Waals surface area contributed by atoms with E-state index in [1.807, 2.05) is 0 Å². The summed E-state index contributed by atoms with van der Waals surface area (Å²) in [5.41, 5.74) is 6.12. The van der Waals surface area contributed by atoms with Gasteiger partial charge in [0.2, 0.25) is 0 Å². The van der Waals surface area contributed by atoms with Gasteiger partial charge in [0, 0.05) is 19.7 Å². The quantitative estimate of drug-likeness (QED) is 0.298. The lowest BCUT2D eigenvalue weighted by atomic mass is 10.1. The summed E-state index contributed by atoms with van der Waals surface area (Å²) in [5.74, 6) is -0.154. The second kappa shape index (κ2) is 5.02. The van der Waals surface area contributed by atoms with Crippen LogP contribution in [0.2, 0.25) is 0 Å². The highest BCUT2D eigenvalue weighted by Gasteiger charge is 2.19. The van der Waals surface area contributed by atoms with Gasteiger partial charge in [-0.05, 0) is 12.1 Å². The number of amidine groups is 1. The highest BCUT2D eigenvalue weighted by Crippen LogP contribution is 2.20. The van der Waals surface area contributed by atoms with E-state index in [9.17, 15) is 8.42 Å². The Bertz CT molecular complexity index is 527. The maximum atomic E-state index is 11.6. The molecule has 0 bridgehead atoms. The van der Waals surface area contributed by atoms with Crippen molar-refractivity contribution in [2.75, 3.05) is 18.4 Å². The van der Waals surface area contributed by atoms with Crippen LogP contribution in [0, 0.1) is 0 Å². The van der Waals surface area contributed by atoms with Crippen LogP contribution in [-0.4, -0.2) is 33.6 Å². The topological polar surface area (TPSA) is 108 Å². The third-order valence-electron chi connectivity index (χ3n) is 2.25. The van der Waals surface area contributed by atoms with Gasteiger partial charge in [-0.2, -0.15) is 8.42 Å². The predicted molar refractivity (Wildman–Crippen MR) is 65.3 cm³/mol. The number of benzene rings is 1. The molecule has 0 saturated carbocycles. The van der Waals surface area contributed by atoms with Crippen LogP contribution in [0.25, 0.3) is 0 Å². The minimum atomic E-state index is -3.62. The van der Waals surface area contributed by atoms with Crippen molar-refractivity contribution in [3.63, 3.8) is 0 Å². The summed E-state index contributed by atoms with van der Waals surface area (Å²) < 4.78 is 26.5. The Morgan fingerprint density at radius 1 is 1.47 bits per heavy atom. The van der Waals surface area contributed by atoms with Crippen LogP contribution in [0.5, 0.6) is 0 Å². The fourth-order valence-corrected chi connectivity index (χ4v) is 1.98. The largest absolute Gasteiger partial charge is 0.409 e. The van der Waals surface area contributed by atoms with E-state index >= 15 is 0 Å². The summed E-state index contributed by atoms with van der Waals surface area (Å²) in [4.78, 5) is 0. The molecule has 4 N–H and O–H groups in total. The first-order valence-corrected chi connectivity index (χ1v) is 6.12. The molecule has 0 heterocycles. The maximum absolute atomic E-state index is 11.6. The number of hydrogen-bond acceptors (Lipinski definition) is 4. The molecular weight excluding hydrogens is 244 g/mol. The maximum Gasteiger partial charge on any atom is 0.301 e. The molecule has 0 unspecified atom stereocenters. The molecule has 0 aromatic heterocycles. The second-order valence-corrected chi connectivity index (χ2v) is 5.09. The van der Waals surface area contributed by atoms with Crippen LogP contribution >= 0.6 is 0 Å². The minimum absolute atomic E-state index is 0.154. The lowest BCUT2D eigenvalue weighted by Crippen LogP contribution is -2.37. The SMILES string of the molecule is CNS(=O)(=O)N(C)c1ccccc1/C(N)=N/O. The lowest BCUT2D eigenvalue weighted by molar-refractivity contribution is 0.318. The molecule has 94 valence electrons. The third kappa shape index (κ3) is 2.66. The second-order valence-electron chi connectivity index (χ2n) is 3.18. The zero-order valence-corrected chi connectivity index (χ0v) is 10.3. The average molecular weight is 258 g/mol. The minimum Gasteiger partial charge on any atom is -0.409 e. The summed E-state index contributed by atoms with van der Waals surface area (Å²) in [6, 6.07) is 6.44. The number of hydrogen-bond donors (Lipinski definition) is 3. The Labute approximate surface area is 99.7 Å². The van der Waals surface area contributed by atoms with Crippen LogP contribution in [-0.2, 0) is 10.2 Å². The van der Waals surface area contributed by atoms with Crippen molar-refractivity contribution in [1.29, 1.82) is 0 Å². The Balaban J connectivity index is 3.33. The molecule has 1 aromatic carbocycles. The molecule has 0 fully saturated rings. The summed E-state index contributed by atoms with van der Waals surface area (Å²) in [7, 11) is -0.950. The van der Waals surface area contributed by atoms with E-state index in [2.05, 4.69) is 9.88 Å². The van der Waals surface area contributed by atoms with Gasteiger partial charge in [-0.1, -0.05) is 17.3 Å². The van der Waals surface area contributed by atoms with Crippen molar-refractivity contribution in [2.45, 2.75) is 0 Å². The van der Waals surface area contributed by atoms with Gasteiger partial charge in [-0.3, -0.25) is 4.31 Å². The molecular formula is C9H14N4O3S. The van der Waals surface area contributed by atoms with Crippen molar-refractivity contribution < 1.29 is 13.6 Å². The lowest BCUT2D eigenvalue weighted by Gasteiger charge is -2.20. The molecule has 0 aliphatic rings. The van der Waals surface area contributed by atoms with Crippen molar-refractivity contribution >= 4 is 21.7 Å². The van der Waals surface area contributed by atoms with Crippen LogP contribution in [0.4, 0.5) is 5.69 Å². The van der Waals surface area contributed by atoms with E-state index in [0.717, 1.165) is 4.31 Å². The van der Waals surface area contributed by atoms with E-state index in [4.69, 9.17) is 10.9 Å². The van der Waals surface area contributed by atoms with Crippen LogP contribution in [0.3, 0.4) is 0 Å². The van der Waals surface area contributed by atoms with Gasteiger partial charge in [0.25, 0.3) is 0 Å². The number of anilines is 1. The van der Waals surface area contributed by atoms with Gasteiger partial charge in [-0.15, -0.1) is 0 Å². The van der Waals surface area contributed by atoms with Crippen molar-refractivity contribution in [3.8, 4) is 0 Å². The van der Waals surface area contributed by atoms with Gasteiger partial charge in [-0.25, -0.2) is 4.72 Å². The number of nitrogens with zero attached hydrogens (tertiary/aromatic N) is 2. The molecule has 0 aliphatic heterocycles. The summed E-state index contributed by atoms with van der Waals surface area (Å²) in [5, 5.41) is 11.5. The molecule has 17 heavy (non-hydrogen) atoms.